The number of hydrogen-bond acceptors (Lipinski definition) is 10. The number of anilines is 1. The Kier molecular flexibility index (Phi) is 22.9. The average molecular weight is 508 g/mol. The van der Waals surface area contributed by atoms with E-state index in [4.69, 9.17) is 48.4 Å². The Balaban J connectivity index is 1.66. The average Bonchev–Trinajstić information content (AvgIpc) is 2.87. The number of halogens is 1. The monoisotopic (exact) mass is 507 g/mol. The van der Waals surface area contributed by atoms with Crippen molar-refractivity contribution < 1.29 is 47.0 Å². The second kappa shape index (κ2) is 25.5. The zero-order chi connectivity index (χ0) is 25.1. The minimum absolute atomic E-state index is 0.115. The van der Waals surface area contributed by atoms with Crippen LogP contribution in [0.3, 0.4) is 0 Å². The van der Waals surface area contributed by atoms with Gasteiger partial charge in [-0.15, -0.1) is 0 Å². The third kappa shape index (κ3) is 21.4. The Labute approximate surface area is 208 Å². The number of nitrogen functional groups attached to an aromatic ring is 1. The number of hydrogen-bond donors (Lipinski definition) is 1. The van der Waals surface area contributed by atoms with E-state index in [-0.39, 0.29) is 6.61 Å². The molecule has 0 aromatic heterocycles. The summed E-state index contributed by atoms with van der Waals surface area (Å²) < 4.78 is 60.1. The van der Waals surface area contributed by atoms with Crippen LogP contribution in [0, 0.1) is 0 Å². The quantitative estimate of drug-likeness (QED) is 0.140. The molecular weight excluding hydrogens is 465 g/mol. The van der Waals surface area contributed by atoms with Crippen molar-refractivity contribution in [2.45, 2.75) is 0 Å². The van der Waals surface area contributed by atoms with Crippen LogP contribution in [0.1, 0.15) is 0 Å². The van der Waals surface area contributed by atoms with E-state index in [1.54, 1.807) is 6.07 Å². The van der Waals surface area contributed by atoms with E-state index in [0.717, 1.165) is 0 Å². The minimum Gasteiger partial charge on any atom is -0.489 e. The molecule has 0 aliphatic carbocycles. The molecule has 1 rings (SSSR count). The van der Waals surface area contributed by atoms with Crippen LogP contribution in [0.5, 0.6) is 5.75 Å². The van der Waals surface area contributed by atoms with Gasteiger partial charge in [0.15, 0.2) is 0 Å². The van der Waals surface area contributed by atoms with Crippen molar-refractivity contribution in [3.63, 3.8) is 0 Å². The van der Waals surface area contributed by atoms with Crippen molar-refractivity contribution >= 4 is 5.69 Å². The van der Waals surface area contributed by atoms with Gasteiger partial charge in [-0.25, -0.2) is 4.39 Å². The van der Waals surface area contributed by atoms with Gasteiger partial charge in [0.1, 0.15) is 19.0 Å². The molecule has 0 aliphatic rings. The van der Waals surface area contributed by atoms with E-state index >= 15 is 0 Å². The van der Waals surface area contributed by atoms with Crippen molar-refractivity contribution in [1.82, 2.24) is 0 Å². The molecule has 0 spiro atoms. The number of alkyl halides is 1. The van der Waals surface area contributed by atoms with Crippen LogP contribution < -0.4 is 10.5 Å². The van der Waals surface area contributed by atoms with Gasteiger partial charge in [0, 0.05) is 0 Å². The normalized spacial score (nSPS) is 11.2. The van der Waals surface area contributed by atoms with E-state index in [9.17, 15) is 4.39 Å². The Morgan fingerprint density at radius 1 is 0.457 bits per heavy atom. The molecule has 2 N–H and O–H groups in total. The van der Waals surface area contributed by atoms with Crippen LogP contribution in [-0.4, -0.2) is 119 Å². The summed E-state index contributed by atoms with van der Waals surface area (Å²) >= 11 is 0. The molecule has 1 aromatic carbocycles. The highest BCUT2D eigenvalue weighted by Gasteiger charge is 1.98. The Hall–Kier alpha value is -1.57. The summed E-state index contributed by atoms with van der Waals surface area (Å²) in [5.74, 6) is 0.667. The zero-order valence-corrected chi connectivity index (χ0v) is 20.7. The maximum absolute atomic E-state index is 11.8. The second-order valence-electron chi connectivity index (χ2n) is 6.97. The number of ether oxygens (including phenoxy) is 9. The maximum atomic E-state index is 11.8. The second-order valence-corrected chi connectivity index (χ2v) is 6.97. The number of benzene rings is 1. The van der Waals surface area contributed by atoms with Gasteiger partial charge in [-0.1, -0.05) is 12.1 Å². The standard InChI is InChI=1S/C24H42FNO9/c25-5-6-27-7-8-28-9-10-29-11-12-30-13-14-31-15-16-32-17-18-33-19-20-34-21-22-35-24-4-2-1-3-23(24)26/h1-4H,5-22,26H2. The molecule has 0 aliphatic heterocycles. The van der Waals surface area contributed by atoms with Crippen molar-refractivity contribution in [3.8, 4) is 5.75 Å². The molecule has 0 saturated heterocycles. The molecule has 0 atom stereocenters. The van der Waals surface area contributed by atoms with Gasteiger partial charge in [-0.3, -0.25) is 0 Å². The lowest BCUT2D eigenvalue weighted by Crippen LogP contribution is -2.15. The van der Waals surface area contributed by atoms with E-state index in [1.165, 1.54) is 0 Å². The zero-order valence-electron chi connectivity index (χ0n) is 20.7. The Bertz CT molecular complexity index is 572. The number of para-hydroxylation sites is 2. The fourth-order valence-corrected chi connectivity index (χ4v) is 2.52. The fourth-order valence-electron chi connectivity index (χ4n) is 2.52. The van der Waals surface area contributed by atoms with E-state index in [1.807, 2.05) is 18.2 Å². The molecule has 11 heteroatoms. The van der Waals surface area contributed by atoms with Gasteiger partial charge in [0.25, 0.3) is 0 Å². The summed E-state index contributed by atoms with van der Waals surface area (Å²) in [6, 6.07) is 7.36. The first kappa shape index (κ1) is 31.5. The molecule has 10 nitrogen and oxygen atoms in total. The van der Waals surface area contributed by atoms with E-state index in [2.05, 4.69) is 0 Å². The van der Waals surface area contributed by atoms with Crippen molar-refractivity contribution in [3.05, 3.63) is 24.3 Å². The molecule has 0 saturated carbocycles. The third-order valence-corrected chi connectivity index (χ3v) is 4.23. The highest BCUT2D eigenvalue weighted by atomic mass is 19.1. The van der Waals surface area contributed by atoms with Crippen LogP contribution in [0.15, 0.2) is 24.3 Å². The molecular formula is C24H42FNO9. The largest absolute Gasteiger partial charge is 0.489 e. The van der Waals surface area contributed by atoms with Crippen LogP contribution in [0.2, 0.25) is 0 Å². The Morgan fingerprint density at radius 3 is 1.11 bits per heavy atom. The first-order valence-corrected chi connectivity index (χ1v) is 12.0. The summed E-state index contributed by atoms with van der Waals surface area (Å²) in [5.41, 5.74) is 6.41. The summed E-state index contributed by atoms with van der Waals surface area (Å²) in [7, 11) is 0. The fraction of sp³-hybridized carbons (Fsp3) is 0.750. The van der Waals surface area contributed by atoms with Gasteiger partial charge >= 0.3 is 0 Å². The summed E-state index contributed by atoms with van der Waals surface area (Å²) in [5, 5.41) is 0. The van der Waals surface area contributed by atoms with Crippen molar-refractivity contribution in [2.75, 3.05) is 125 Å². The topological polar surface area (TPSA) is 109 Å². The molecule has 1 aromatic rings. The number of rotatable bonds is 27. The van der Waals surface area contributed by atoms with Crippen molar-refractivity contribution in [1.29, 1.82) is 0 Å². The molecule has 0 bridgehead atoms. The SMILES string of the molecule is Nc1ccccc1OCCOCCOCCOCCOCCOCCOCCOCCOCCF. The molecule has 204 valence electrons. The highest BCUT2D eigenvalue weighted by molar-refractivity contribution is 5.51. The predicted octanol–water partition coefficient (Wildman–Crippen LogP) is 1.75. The Morgan fingerprint density at radius 2 is 0.771 bits per heavy atom. The molecule has 0 fully saturated rings. The highest BCUT2D eigenvalue weighted by Crippen LogP contribution is 2.19. The van der Waals surface area contributed by atoms with E-state index in [0.29, 0.717) is 117 Å². The van der Waals surface area contributed by atoms with Gasteiger partial charge in [-0.05, 0) is 12.1 Å². The molecule has 35 heavy (non-hydrogen) atoms. The first-order valence-electron chi connectivity index (χ1n) is 12.0. The number of nitrogens with two attached hydrogens (primary N) is 1. The van der Waals surface area contributed by atoms with Crippen LogP contribution >= 0.6 is 0 Å². The van der Waals surface area contributed by atoms with Gasteiger partial charge in [0.05, 0.1) is 111 Å². The molecule has 0 amide bonds. The predicted molar refractivity (Wildman–Crippen MR) is 129 cm³/mol. The lowest BCUT2D eigenvalue weighted by atomic mass is 10.3. The molecule has 0 radical (unpaired) electrons. The molecule has 0 heterocycles. The van der Waals surface area contributed by atoms with Gasteiger partial charge in [-0.2, -0.15) is 0 Å². The lowest BCUT2D eigenvalue weighted by Gasteiger charge is -2.09. The third-order valence-electron chi connectivity index (χ3n) is 4.23. The summed E-state index contributed by atoms with van der Waals surface area (Å²) in [6.45, 7) is 7.32. The summed E-state index contributed by atoms with van der Waals surface area (Å²) in [4.78, 5) is 0. The summed E-state index contributed by atoms with van der Waals surface area (Å²) in [6.07, 6.45) is 0. The van der Waals surface area contributed by atoms with Crippen LogP contribution in [0.25, 0.3) is 0 Å². The van der Waals surface area contributed by atoms with Crippen molar-refractivity contribution in [2.24, 2.45) is 0 Å². The van der Waals surface area contributed by atoms with Gasteiger partial charge < -0.3 is 48.4 Å². The van der Waals surface area contributed by atoms with E-state index < -0.39 is 6.67 Å². The maximum Gasteiger partial charge on any atom is 0.142 e. The van der Waals surface area contributed by atoms with Gasteiger partial charge in [0.2, 0.25) is 0 Å². The molecule has 0 unspecified atom stereocenters. The minimum atomic E-state index is -0.473. The first-order chi connectivity index (χ1) is 17.3. The lowest BCUT2D eigenvalue weighted by molar-refractivity contribution is -0.0238. The van der Waals surface area contributed by atoms with Crippen LogP contribution in [-0.2, 0) is 37.9 Å². The van der Waals surface area contributed by atoms with Crippen LogP contribution in [0.4, 0.5) is 10.1 Å². The smallest absolute Gasteiger partial charge is 0.142 e.